The summed E-state index contributed by atoms with van der Waals surface area (Å²) >= 11 is 0. The van der Waals surface area contributed by atoms with Crippen LogP contribution in [0.4, 0.5) is 4.79 Å². The second kappa shape index (κ2) is 5.59. The molecule has 1 saturated heterocycles. The second-order valence-electron chi connectivity index (χ2n) is 5.83. The fourth-order valence-electron chi connectivity index (χ4n) is 3.27. The summed E-state index contributed by atoms with van der Waals surface area (Å²) in [6, 6.07) is 13.2. The third-order valence-corrected chi connectivity index (χ3v) is 4.37. The Labute approximate surface area is 143 Å². The molecule has 0 bridgehead atoms. The number of fused-ring (bicyclic) bond motifs is 3. The summed E-state index contributed by atoms with van der Waals surface area (Å²) in [4.78, 5) is 34.9. The molecule has 1 fully saturated rings. The van der Waals surface area contributed by atoms with Crippen LogP contribution in [0.3, 0.4) is 0 Å². The number of nitrogens with one attached hydrogen (secondary N) is 2. The number of aromatic nitrogens is 1. The van der Waals surface area contributed by atoms with Gasteiger partial charge in [0.25, 0.3) is 11.8 Å². The van der Waals surface area contributed by atoms with Gasteiger partial charge < -0.3 is 4.57 Å². The quantitative estimate of drug-likeness (QED) is 0.559. The van der Waals surface area contributed by atoms with Crippen LogP contribution in [0.2, 0.25) is 0 Å². The lowest BCUT2D eigenvalue weighted by atomic mass is 10.1. The Morgan fingerprint density at radius 1 is 0.920 bits per heavy atom. The maximum atomic E-state index is 11.9. The molecule has 0 aliphatic carbocycles. The third-order valence-electron chi connectivity index (χ3n) is 4.37. The standard InChI is InChI=1S/C19H15N3O3/c1-2-22-15-6-4-3-5-12(15)13-8-7-11(10-16(13)22)9-14-17(23)20-19(25)21-18(14)24/h3-10H,2H2,1H3,(H2,20,21,23,24,25). The van der Waals surface area contributed by atoms with Gasteiger partial charge in [0.1, 0.15) is 5.57 Å². The molecule has 2 N–H and O–H groups in total. The molecular weight excluding hydrogens is 318 g/mol. The number of nitrogens with zero attached hydrogens (tertiary/aromatic N) is 1. The topological polar surface area (TPSA) is 80.2 Å². The van der Waals surface area contributed by atoms with Crippen molar-refractivity contribution in [3.8, 4) is 0 Å². The van der Waals surface area contributed by atoms with Gasteiger partial charge in [-0.25, -0.2) is 4.79 Å². The molecule has 6 nitrogen and oxygen atoms in total. The smallest absolute Gasteiger partial charge is 0.328 e. The molecule has 2 aromatic carbocycles. The minimum atomic E-state index is -0.797. The summed E-state index contributed by atoms with van der Waals surface area (Å²) in [7, 11) is 0. The van der Waals surface area contributed by atoms with Crippen LogP contribution in [-0.4, -0.2) is 22.4 Å². The van der Waals surface area contributed by atoms with Gasteiger partial charge in [-0.3, -0.25) is 20.2 Å². The van der Waals surface area contributed by atoms with Crippen molar-refractivity contribution in [2.24, 2.45) is 0 Å². The first-order chi connectivity index (χ1) is 12.1. The molecule has 0 spiro atoms. The number of hydrogen-bond donors (Lipinski definition) is 2. The van der Waals surface area contributed by atoms with Crippen LogP contribution < -0.4 is 10.6 Å². The average Bonchev–Trinajstić information content (AvgIpc) is 2.91. The normalized spacial score (nSPS) is 14.8. The minimum Gasteiger partial charge on any atom is -0.341 e. The Bertz CT molecular complexity index is 1070. The molecule has 4 rings (SSSR count). The number of rotatable bonds is 2. The van der Waals surface area contributed by atoms with Crippen molar-refractivity contribution in [2.45, 2.75) is 13.5 Å². The van der Waals surface area contributed by atoms with Crippen LogP contribution in [-0.2, 0) is 16.1 Å². The highest BCUT2D eigenvalue weighted by Gasteiger charge is 2.27. The molecule has 2 heterocycles. The van der Waals surface area contributed by atoms with E-state index < -0.39 is 17.8 Å². The Morgan fingerprint density at radius 3 is 2.32 bits per heavy atom. The van der Waals surface area contributed by atoms with Gasteiger partial charge in [0.05, 0.1) is 0 Å². The molecule has 124 valence electrons. The van der Waals surface area contributed by atoms with Crippen molar-refractivity contribution in [3.63, 3.8) is 0 Å². The Hall–Kier alpha value is -3.41. The van der Waals surface area contributed by atoms with Crippen molar-refractivity contribution in [1.82, 2.24) is 15.2 Å². The van der Waals surface area contributed by atoms with E-state index >= 15 is 0 Å². The Balaban J connectivity index is 1.88. The number of imide groups is 2. The van der Waals surface area contributed by atoms with Crippen molar-refractivity contribution in [2.75, 3.05) is 0 Å². The predicted molar refractivity (Wildman–Crippen MR) is 94.8 cm³/mol. The van der Waals surface area contributed by atoms with Crippen LogP contribution in [0.1, 0.15) is 12.5 Å². The van der Waals surface area contributed by atoms with Gasteiger partial charge in [-0.05, 0) is 30.7 Å². The monoisotopic (exact) mass is 333 g/mol. The van der Waals surface area contributed by atoms with E-state index in [2.05, 4.69) is 34.3 Å². The second-order valence-corrected chi connectivity index (χ2v) is 5.83. The van der Waals surface area contributed by atoms with Gasteiger partial charge in [-0.15, -0.1) is 0 Å². The number of urea groups is 1. The number of carbonyl (C=O) groups excluding carboxylic acids is 3. The molecule has 0 unspecified atom stereocenters. The van der Waals surface area contributed by atoms with E-state index in [-0.39, 0.29) is 5.57 Å². The van der Waals surface area contributed by atoms with E-state index in [1.165, 1.54) is 6.08 Å². The van der Waals surface area contributed by atoms with E-state index in [1.54, 1.807) is 0 Å². The number of hydrogen-bond acceptors (Lipinski definition) is 3. The van der Waals surface area contributed by atoms with E-state index in [4.69, 9.17) is 0 Å². The lowest BCUT2D eigenvalue weighted by molar-refractivity contribution is -0.123. The van der Waals surface area contributed by atoms with Gasteiger partial charge >= 0.3 is 6.03 Å². The number of para-hydroxylation sites is 1. The van der Waals surface area contributed by atoms with Crippen LogP contribution in [0.25, 0.3) is 27.9 Å². The highest BCUT2D eigenvalue weighted by atomic mass is 16.2. The lowest BCUT2D eigenvalue weighted by Gasteiger charge is -2.13. The summed E-state index contributed by atoms with van der Waals surface area (Å²) in [6.07, 6.45) is 1.49. The molecule has 1 aliphatic rings. The largest absolute Gasteiger partial charge is 0.341 e. The zero-order chi connectivity index (χ0) is 17.6. The van der Waals surface area contributed by atoms with Crippen LogP contribution in [0.15, 0.2) is 48.0 Å². The number of benzene rings is 2. The molecule has 0 radical (unpaired) electrons. The summed E-state index contributed by atoms with van der Waals surface area (Å²) in [6.45, 7) is 2.88. The lowest BCUT2D eigenvalue weighted by Crippen LogP contribution is -2.51. The first-order valence-electron chi connectivity index (χ1n) is 7.98. The molecule has 3 aromatic rings. The van der Waals surface area contributed by atoms with Crippen LogP contribution in [0.5, 0.6) is 0 Å². The number of aryl methyl sites for hydroxylation is 1. The summed E-state index contributed by atoms with van der Waals surface area (Å²) in [5, 5.41) is 6.44. The summed E-state index contributed by atoms with van der Waals surface area (Å²) in [5.74, 6) is -1.38. The zero-order valence-electron chi connectivity index (χ0n) is 13.5. The summed E-state index contributed by atoms with van der Waals surface area (Å²) < 4.78 is 2.19. The van der Waals surface area contributed by atoms with Crippen molar-refractivity contribution in [3.05, 3.63) is 53.6 Å². The van der Waals surface area contributed by atoms with Gasteiger partial charge in [-0.1, -0.05) is 30.3 Å². The first-order valence-corrected chi connectivity index (χ1v) is 7.98. The SMILES string of the molecule is CCn1c2ccccc2c2ccc(C=C3C(=O)NC(=O)NC3=O)cc21. The number of barbiturate groups is 1. The highest BCUT2D eigenvalue weighted by molar-refractivity contribution is 6.31. The maximum Gasteiger partial charge on any atom is 0.328 e. The maximum absolute atomic E-state index is 11.9. The zero-order valence-corrected chi connectivity index (χ0v) is 13.5. The van der Waals surface area contributed by atoms with Crippen LogP contribution in [0, 0.1) is 0 Å². The molecular formula is C19H15N3O3. The van der Waals surface area contributed by atoms with Gasteiger partial charge in [-0.2, -0.15) is 0 Å². The summed E-state index contributed by atoms with van der Waals surface area (Å²) in [5.41, 5.74) is 2.81. The molecule has 25 heavy (non-hydrogen) atoms. The van der Waals surface area contributed by atoms with Gasteiger partial charge in [0.15, 0.2) is 0 Å². The van der Waals surface area contributed by atoms with Gasteiger partial charge in [0, 0.05) is 28.4 Å². The van der Waals surface area contributed by atoms with E-state index in [9.17, 15) is 14.4 Å². The molecule has 4 amide bonds. The Morgan fingerprint density at radius 2 is 1.60 bits per heavy atom. The van der Waals surface area contributed by atoms with Crippen molar-refractivity contribution < 1.29 is 14.4 Å². The number of carbonyl (C=O) groups is 3. The first kappa shape index (κ1) is 15.1. The van der Waals surface area contributed by atoms with Crippen LogP contribution >= 0.6 is 0 Å². The van der Waals surface area contributed by atoms with Crippen molar-refractivity contribution in [1.29, 1.82) is 0 Å². The number of amides is 4. The van der Waals surface area contributed by atoms with Crippen molar-refractivity contribution >= 4 is 45.7 Å². The third kappa shape index (κ3) is 2.39. The minimum absolute atomic E-state index is 0.0851. The molecule has 6 heteroatoms. The van der Waals surface area contributed by atoms with E-state index in [1.807, 2.05) is 30.3 Å². The molecule has 0 atom stereocenters. The molecule has 0 saturated carbocycles. The van der Waals surface area contributed by atoms with E-state index in [0.717, 1.165) is 33.9 Å². The predicted octanol–water partition coefficient (Wildman–Crippen LogP) is 2.56. The Kier molecular flexibility index (Phi) is 3.39. The fourth-order valence-corrected chi connectivity index (χ4v) is 3.27. The fraction of sp³-hybridized carbons (Fsp3) is 0.105. The molecule has 1 aromatic heterocycles. The molecule has 1 aliphatic heterocycles. The van der Waals surface area contributed by atoms with E-state index in [0.29, 0.717) is 0 Å². The average molecular weight is 333 g/mol. The van der Waals surface area contributed by atoms with Gasteiger partial charge in [0.2, 0.25) is 0 Å². The highest BCUT2D eigenvalue weighted by Crippen LogP contribution is 2.30.